The minimum Gasteiger partial charge on any atom is -0.355 e. The van der Waals surface area contributed by atoms with Gasteiger partial charge in [-0.2, -0.15) is 0 Å². The molecule has 2 aromatic rings. The minimum atomic E-state index is -3.65. The number of rotatable bonds is 6. The standard InChI is InChI=1S/C19H24N2O3S/c1-19(2,3)16-8-6-15(7-9-16)10-12-21-18(22)14-25(23,24)17-5-4-11-20-13-17/h4-9,11,13H,10,12,14H2,1-3H3,(H,21,22). The number of pyridine rings is 1. The Labute approximate surface area is 149 Å². The summed E-state index contributed by atoms with van der Waals surface area (Å²) in [7, 11) is -3.65. The van der Waals surface area contributed by atoms with Gasteiger partial charge < -0.3 is 5.32 Å². The van der Waals surface area contributed by atoms with E-state index in [1.807, 2.05) is 12.1 Å². The molecule has 6 heteroatoms. The fourth-order valence-electron chi connectivity index (χ4n) is 2.36. The Hall–Kier alpha value is -2.21. The van der Waals surface area contributed by atoms with Gasteiger partial charge in [-0.3, -0.25) is 9.78 Å². The summed E-state index contributed by atoms with van der Waals surface area (Å²) in [6.45, 7) is 6.87. The van der Waals surface area contributed by atoms with Gasteiger partial charge in [-0.15, -0.1) is 0 Å². The molecule has 2 rings (SSSR count). The van der Waals surface area contributed by atoms with Gasteiger partial charge in [0.05, 0.1) is 4.90 Å². The van der Waals surface area contributed by atoms with E-state index in [4.69, 9.17) is 0 Å². The van der Waals surface area contributed by atoms with Crippen LogP contribution in [0.1, 0.15) is 31.9 Å². The van der Waals surface area contributed by atoms with Crippen LogP contribution in [-0.4, -0.2) is 31.6 Å². The SMILES string of the molecule is CC(C)(C)c1ccc(CCNC(=O)CS(=O)(=O)c2cccnc2)cc1. The van der Waals surface area contributed by atoms with Gasteiger partial charge in [-0.25, -0.2) is 8.42 Å². The van der Waals surface area contributed by atoms with Gasteiger partial charge in [-0.1, -0.05) is 45.0 Å². The first-order valence-corrected chi connectivity index (χ1v) is 9.82. The normalized spacial score (nSPS) is 12.0. The number of benzene rings is 1. The van der Waals surface area contributed by atoms with Gasteiger partial charge in [0, 0.05) is 18.9 Å². The van der Waals surface area contributed by atoms with E-state index in [0.717, 1.165) is 5.56 Å². The van der Waals surface area contributed by atoms with Crippen molar-refractivity contribution in [3.05, 3.63) is 59.9 Å². The summed E-state index contributed by atoms with van der Waals surface area (Å²) in [6.07, 6.45) is 3.40. The average Bonchev–Trinajstić information content (AvgIpc) is 2.55. The minimum absolute atomic E-state index is 0.0583. The second kappa shape index (κ2) is 7.78. The van der Waals surface area contributed by atoms with Crippen molar-refractivity contribution in [3.8, 4) is 0 Å². The molecule has 1 heterocycles. The molecule has 0 atom stereocenters. The number of hydrogen-bond acceptors (Lipinski definition) is 4. The van der Waals surface area contributed by atoms with Gasteiger partial charge >= 0.3 is 0 Å². The molecule has 0 aliphatic rings. The first-order valence-electron chi connectivity index (χ1n) is 8.17. The highest BCUT2D eigenvalue weighted by molar-refractivity contribution is 7.92. The Morgan fingerprint density at radius 1 is 1.12 bits per heavy atom. The first-order chi connectivity index (χ1) is 11.7. The molecule has 0 fully saturated rings. The van der Waals surface area contributed by atoms with Crippen molar-refractivity contribution >= 4 is 15.7 Å². The molecule has 0 saturated carbocycles. The van der Waals surface area contributed by atoms with E-state index in [1.54, 1.807) is 0 Å². The maximum absolute atomic E-state index is 12.1. The van der Waals surface area contributed by atoms with Crippen LogP contribution in [0.15, 0.2) is 53.7 Å². The third kappa shape index (κ3) is 5.67. The molecular formula is C19H24N2O3S. The molecule has 0 spiro atoms. The average molecular weight is 360 g/mol. The lowest BCUT2D eigenvalue weighted by Gasteiger charge is -2.19. The van der Waals surface area contributed by atoms with Crippen molar-refractivity contribution in [2.24, 2.45) is 0 Å². The molecule has 5 nitrogen and oxygen atoms in total. The molecule has 0 saturated heterocycles. The highest BCUT2D eigenvalue weighted by Gasteiger charge is 2.19. The van der Waals surface area contributed by atoms with Crippen LogP contribution in [0.3, 0.4) is 0 Å². The molecule has 1 N–H and O–H groups in total. The van der Waals surface area contributed by atoms with Crippen molar-refractivity contribution < 1.29 is 13.2 Å². The van der Waals surface area contributed by atoms with Crippen molar-refractivity contribution in [2.45, 2.75) is 37.5 Å². The van der Waals surface area contributed by atoms with E-state index in [-0.39, 0.29) is 10.3 Å². The Morgan fingerprint density at radius 2 is 1.80 bits per heavy atom. The molecule has 1 amide bonds. The molecule has 0 aliphatic heterocycles. The Kier molecular flexibility index (Phi) is 5.95. The molecule has 0 unspecified atom stereocenters. The van der Waals surface area contributed by atoms with Gasteiger partial charge in [0.15, 0.2) is 9.84 Å². The number of carbonyl (C=O) groups excluding carboxylic acids is 1. The molecule has 1 aromatic heterocycles. The molecule has 25 heavy (non-hydrogen) atoms. The maximum Gasteiger partial charge on any atom is 0.235 e. The summed E-state index contributed by atoms with van der Waals surface area (Å²) >= 11 is 0. The van der Waals surface area contributed by atoms with Crippen LogP contribution in [0.2, 0.25) is 0 Å². The molecule has 0 radical (unpaired) electrons. The van der Waals surface area contributed by atoms with Crippen LogP contribution in [0.5, 0.6) is 0 Å². The zero-order chi connectivity index (χ0) is 18.5. The number of nitrogens with one attached hydrogen (secondary N) is 1. The Morgan fingerprint density at radius 3 is 2.36 bits per heavy atom. The topological polar surface area (TPSA) is 76.1 Å². The number of hydrogen-bond donors (Lipinski definition) is 1. The summed E-state index contributed by atoms with van der Waals surface area (Å²) in [4.78, 5) is 15.7. The lowest BCUT2D eigenvalue weighted by Crippen LogP contribution is -2.31. The second-order valence-corrected chi connectivity index (χ2v) is 8.98. The van der Waals surface area contributed by atoms with Crippen LogP contribution >= 0.6 is 0 Å². The summed E-state index contributed by atoms with van der Waals surface area (Å²) in [5.41, 5.74) is 2.46. The molecule has 0 bridgehead atoms. The Bertz CT molecular complexity index is 808. The fraction of sp³-hybridized carbons (Fsp3) is 0.368. The summed E-state index contributed by atoms with van der Waals surface area (Å²) in [5.74, 6) is -1.07. The van der Waals surface area contributed by atoms with Crippen LogP contribution in [0, 0.1) is 0 Å². The Balaban J connectivity index is 1.85. The van der Waals surface area contributed by atoms with E-state index in [0.29, 0.717) is 13.0 Å². The zero-order valence-electron chi connectivity index (χ0n) is 14.8. The smallest absolute Gasteiger partial charge is 0.235 e. The van der Waals surface area contributed by atoms with Crippen molar-refractivity contribution in [3.63, 3.8) is 0 Å². The lowest BCUT2D eigenvalue weighted by atomic mass is 9.86. The first kappa shape index (κ1) is 19.1. The molecule has 134 valence electrons. The van der Waals surface area contributed by atoms with Crippen molar-refractivity contribution in [2.75, 3.05) is 12.3 Å². The van der Waals surface area contributed by atoms with E-state index in [9.17, 15) is 13.2 Å². The summed E-state index contributed by atoms with van der Waals surface area (Å²) in [6, 6.07) is 11.2. The summed E-state index contributed by atoms with van der Waals surface area (Å²) < 4.78 is 24.2. The third-order valence-electron chi connectivity index (χ3n) is 3.87. The lowest BCUT2D eigenvalue weighted by molar-refractivity contribution is -0.118. The van der Waals surface area contributed by atoms with Gasteiger partial charge in [0.2, 0.25) is 5.91 Å². The van der Waals surface area contributed by atoms with Crippen LogP contribution < -0.4 is 5.32 Å². The van der Waals surface area contributed by atoms with E-state index < -0.39 is 21.5 Å². The monoisotopic (exact) mass is 360 g/mol. The maximum atomic E-state index is 12.1. The quantitative estimate of drug-likeness (QED) is 0.859. The number of nitrogens with zero attached hydrogens (tertiary/aromatic N) is 1. The van der Waals surface area contributed by atoms with Crippen LogP contribution in [-0.2, 0) is 26.5 Å². The third-order valence-corrected chi connectivity index (χ3v) is 5.47. The van der Waals surface area contributed by atoms with Gasteiger partial charge in [0.25, 0.3) is 0 Å². The highest BCUT2D eigenvalue weighted by Crippen LogP contribution is 2.22. The number of aromatic nitrogens is 1. The van der Waals surface area contributed by atoms with Crippen LogP contribution in [0.4, 0.5) is 0 Å². The van der Waals surface area contributed by atoms with E-state index in [2.05, 4.69) is 43.2 Å². The van der Waals surface area contributed by atoms with Gasteiger partial charge in [-0.05, 0) is 35.1 Å². The second-order valence-electron chi connectivity index (χ2n) is 6.99. The molecule has 1 aromatic carbocycles. The van der Waals surface area contributed by atoms with E-state index >= 15 is 0 Å². The predicted molar refractivity (Wildman–Crippen MR) is 98.1 cm³/mol. The largest absolute Gasteiger partial charge is 0.355 e. The highest BCUT2D eigenvalue weighted by atomic mass is 32.2. The van der Waals surface area contributed by atoms with E-state index in [1.165, 1.54) is 30.1 Å². The van der Waals surface area contributed by atoms with Crippen molar-refractivity contribution in [1.82, 2.24) is 10.3 Å². The number of sulfone groups is 1. The van der Waals surface area contributed by atoms with Gasteiger partial charge in [0.1, 0.15) is 5.75 Å². The fourth-order valence-corrected chi connectivity index (χ4v) is 3.48. The van der Waals surface area contributed by atoms with Crippen molar-refractivity contribution in [1.29, 1.82) is 0 Å². The van der Waals surface area contributed by atoms with Crippen LogP contribution in [0.25, 0.3) is 0 Å². The zero-order valence-corrected chi connectivity index (χ0v) is 15.6. The predicted octanol–water partition coefficient (Wildman–Crippen LogP) is 2.51. The molecule has 0 aliphatic carbocycles. The number of carbonyl (C=O) groups is 1. The number of amides is 1. The summed E-state index contributed by atoms with van der Waals surface area (Å²) in [5, 5.41) is 2.66. The molecular weight excluding hydrogens is 336 g/mol.